The summed E-state index contributed by atoms with van der Waals surface area (Å²) in [4.78, 5) is 32.9. The van der Waals surface area contributed by atoms with Gasteiger partial charge >= 0.3 is 13.8 Å². The second kappa shape index (κ2) is 25.8. The van der Waals surface area contributed by atoms with Gasteiger partial charge in [-0.15, -0.1) is 0 Å². The predicted molar refractivity (Wildman–Crippen MR) is 151 cm³/mol. The molecule has 0 fully saturated rings. The van der Waals surface area contributed by atoms with Crippen LogP contribution in [0.5, 0.6) is 0 Å². The summed E-state index contributed by atoms with van der Waals surface area (Å²) < 4.78 is 26.3. The number of ether oxygens (including phenoxy) is 1. The van der Waals surface area contributed by atoms with Crippen molar-refractivity contribution >= 4 is 19.7 Å². The van der Waals surface area contributed by atoms with Crippen LogP contribution in [0.2, 0.25) is 0 Å². The van der Waals surface area contributed by atoms with Gasteiger partial charge in [0.05, 0.1) is 13.2 Å². The van der Waals surface area contributed by atoms with Gasteiger partial charge in [0.2, 0.25) is 5.91 Å². The third-order valence-corrected chi connectivity index (χ3v) is 6.62. The number of nitrogens with one attached hydrogen (secondary N) is 1. The van der Waals surface area contributed by atoms with Crippen molar-refractivity contribution in [3.8, 4) is 0 Å². The molecule has 0 saturated carbocycles. The van der Waals surface area contributed by atoms with E-state index in [1.807, 2.05) is 6.92 Å². The Morgan fingerprint density at radius 2 is 1.45 bits per heavy atom. The van der Waals surface area contributed by atoms with Crippen LogP contribution < -0.4 is 5.32 Å². The molecule has 0 aromatic heterocycles. The summed E-state index contributed by atoms with van der Waals surface area (Å²) >= 11 is 0. The third kappa shape index (κ3) is 26.1. The van der Waals surface area contributed by atoms with Gasteiger partial charge in [0.25, 0.3) is 0 Å². The third-order valence-electron chi connectivity index (χ3n) is 5.63. The number of rotatable bonds is 26. The molecular formula is C28H52NO8P. The van der Waals surface area contributed by atoms with Crippen LogP contribution in [-0.2, 0) is 27.9 Å². The maximum atomic E-state index is 11.8. The monoisotopic (exact) mass is 561 g/mol. The molecule has 38 heavy (non-hydrogen) atoms. The first-order valence-electron chi connectivity index (χ1n) is 14.3. The Morgan fingerprint density at radius 1 is 0.816 bits per heavy atom. The maximum absolute atomic E-state index is 11.8. The first kappa shape index (κ1) is 36.5. The molecule has 0 spiro atoms. The highest BCUT2D eigenvalue weighted by Crippen LogP contribution is 2.42. The fourth-order valence-corrected chi connectivity index (χ4v) is 4.14. The Labute approximate surface area is 230 Å². The summed E-state index contributed by atoms with van der Waals surface area (Å²) in [7, 11) is -4.38. The lowest BCUT2D eigenvalue weighted by molar-refractivity contribution is -0.147. The molecule has 0 aromatic carbocycles. The molecule has 0 aliphatic heterocycles. The van der Waals surface area contributed by atoms with Crippen LogP contribution in [-0.4, -0.2) is 54.3 Å². The van der Waals surface area contributed by atoms with Gasteiger partial charge in [-0.3, -0.25) is 18.6 Å². The van der Waals surface area contributed by atoms with Crippen molar-refractivity contribution in [2.75, 3.05) is 26.4 Å². The molecule has 0 bridgehead atoms. The number of carbonyl (C=O) groups is 2. The number of amides is 1. The fourth-order valence-electron chi connectivity index (χ4n) is 3.38. The van der Waals surface area contributed by atoms with E-state index in [1.54, 1.807) is 0 Å². The van der Waals surface area contributed by atoms with Crippen LogP contribution in [0.25, 0.3) is 0 Å². The van der Waals surface area contributed by atoms with E-state index in [4.69, 9.17) is 13.8 Å². The highest BCUT2D eigenvalue weighted by molar-refractivity contribution is 7.47. The van der Waals surface area contributed by atoms with Crippen LogP contribution in [0.4, 0.5) is 0 Å². The Morgan fingerprint density at radius 3 is 2.13 bits per heavy atom. The molecule has 0 saturated heterocycles. The zero-order valence-corrected chi connectivity index (χ0v) is 24.5. The zero-order chi connectivity index (χ0) is 28.3. The topological polar surface area (TPSA) is 131 Å². The molecule has 3 N–H and O–H groups in total. The van der Waals surface area contributed by atoms with Gasteiger partial charge in [0.15, 0.2) is 0 Å². The fraction of sp³-hybridized carbons (Fsp3) is 0.786. The molecule has 0 aromatic rings. The van der Waals surface area contributed by atoms with Gasteiger partial charge in [0, 0.05) is 19.4 Å². The van der Waals surface area contributed by atoms with E-state index in [0.29, 0.717) is 6.42 Å². The molecule has 2 atom stereocenters. The Bertz CT molecular complexity index is 698. The lowest BCUT2D eigenvalue weighted by atomic mass is 10.1. The molecule has 222 valence electrons. The Balaban J connectivity index is 3.66. The molecule has 0 aliphatic carbocycles. The largest absolute Gasteiger partial charge is 0.472 e. The van der Waals surface area contributed by atoms with Crippen molar-refractivity contribution in [1.29, 1.82) is 0 Å². The molecule has 0 radical (unpaired) electrons. The quantitative estimate of drug-likeness (QED) is 0.0496. The average molecular weight is 562 g/mol. The summed E-state index contributed by atoms with van der Waals surface area (Å²) in [5.74, 6) is -0.571. The number of unbranched alkanes of at least 4 members (excludes halogenated alkanes) is 9. The molecule has 0 heterocycles. The number of aliphatic hydroxyl groups excluding tert-OH is 1. The number of phosphoric ester groups is 1. The minimum atomic E-state index is -4.38. The summed E-state index contributed by atoms with van der Waals surface area (Å²) in [5, 5.41) is 12.4. The second-order valence-corrected chi connectivity index (χ2v) is 10.8. The molecule has 0 rings (SSSR count). The van der Waals surface area contributed by atoms with Crippen LogP contribution in [0, 0.1) is 0 Å². The van der Waals surface area contributed by atoms with Gasteiger partial charge < -0.3 is 20.1 Å². The first-order chi connectivity index (χ1) is 18.3. The first-order valence-corrected chi connectivity index (χ1v) is 15.8. The molecule has 10 heteroatoms. The SMILES string of the molecule is CCCCC/C=C\C/C=C\CCCCCCCC(=O)OCC(O)COP(=O)(O)OCCNC(=O)CCCC. The van der Waals surface area contributed by atoms with E-state index in [0.717, 1.165) is 57.8 Å². The summed E-state index contributed by atoms with van der Waals surface area (Å²) in [6.45, 7) is 3.22. The number of esters is 1. The minimum absolute atomic E-state index is 0.0742. The van der Waals surface area contributed by atoms with Gasteiger partial charge in [-0.25, -0.2) is 4.57 Å². The Kier molecular flexibility index (Phi) is 24.7. The average Bonchev–Trinajstić information content (AvgIpc) is 2.89. The normalized spacial score (nSPS) is 14.1. The van der Waals surface area contributed by atoms with E-state index < -0.39 is 26.5 Å². The number of phosphoric acid groups is 1. The molecule has 0 aliphatic rings. The van der Waals surface area contributed by atoms with Gasteiger partial charge in [0.1, 0.15) is 12.7 Å². The van der Waals surface area contributed by atoms with E-state index in [2.05, 4.69) is 36.5 Å². The van der Waals surface area contributed by atoms with Crippen molar-refractivity contribution in [3.05, 3.63) is 24.3 Å². The van der Waals surface area contributed by atoms with E-state index in [1.165, 1.54) is 25.7 Å². The smallest absolute Gasteiger partial charge is 0.463 e. The van der Waals surface area contributed by atoms with Crippen molar-refractivity contribution < 1.29 is 37.9 Å². The van der Waals surface area contributed by atoms with Crippen LogP contribution in [0.15, 0.2) is 24.3 Å². The van der Waals surface area contributed by atoms with Gasteiger partial charge in [-0.1, -0.05) is 76.7 Å². The summed E-state index contributed by atoms with van der Waals surface area (Å²) in [6.07, 6.45) is 22.1. The van der Waals surface area contributed by atoms with E-state index in [-0.39, 0.29) is 32.1 Å². The van der Waals surface area contributed by atoms with E-state index in [9.17, 15) is 24.2 Å². The predicted octanol–water partition coefficient (Wildman–Crippen LogP) is 6.14. The maximum Gasteiger partial charge on any atom is 0.472 e. The zero-order valence-electron chi connectivity index (χ0n) is 23.6. The van der Waals surface area contributed by atoms with Gasteiger partial charge in [-0.2, -0.15) is 0 Å². The number of aliphatic hydroxyl groups is 1. The highest BCUT2D eigenvalue weighted by atomic mass is 31.2. The number of hydrogen-bond donors (Lipinski definition) is 3. The van der Waals surface area contributed by atoms with Crippen LogP contribution in [0.1, 0.15) is 110 Å². The molecule has 2 unspecified atom stereocenters. The molecule has 1 amide bonds. The Hall–Kier alpha value is -1.51. The number of carbonyl (C=O) groups excluding carboxylic acids is 2. The number of hydrogen-bond acceptors (Lipinski definition) is 7. The molecular weight excluding hydrogens is 509 g/mol. The second-order valence-electron chi connectivity index (χ2n) is 9.37. The van der Waals surface area contributed by atoms with E-state index >= 15 is 0 Å². The standard InChI is InChI=1S/C28H52NO8P/c1-3-5-7-8-9-10-11-12-13-14-15-16-17-18-19-21-28(32)35-24-26(30)25-37-38(33,34)36-23-22-29-27(31)20-6-4-2/h9-10,12-13,26,30H,3-8,11,14-25H2,1-2H3,(H,29,31)(H,33,34)/b10-9-,13-12-. The molecule has 9 nitrogen and oxygen atoms in total. The lowest BCUT2D eigenvalue weighted by Gasteiger charge is -2.15. The van der Waals surface area contributed by atoms with Crippen molar-refractivity contribution in [2.45, 2.75) is 116 Å². The van der Waals surface area contributed by atoms with Crippen LogP contribution in [0.3, 0.4) is 0 Å². The van der Waals surface area contributed by atoms with Gasteiger partial charge in [-0.05, 0) is 44.9 Å². The van der Waals surface area contributed by atoms with Crippen LogP contribution >= 0.6 is 7.82 Å². The number of allylic oxidation sites excluding steroid dienone is 4. The lowest BCUT2D eigenvalue weighted by Crippen LogP contribution is -2.27. The van der Waals surface area contributed by atoms with Crippen molar-refractivity contribution in [1.82, 2.24) is 5.32 Å². The minimum Gasteiger partial charge on any atom is -0.463 e. The van der Waals surface area contributed by atoms with Crippen molar-refractivity contribution in [3.63, 3.8) is 0 Å². The highest BCUT2D eigenvalue weighted by Gasteiger charge is 2.23. The summed E-state index contributed by atoms with van der Waals surface area (Å²) in [6, 6.07) is 0. The summed E-state index contributed by atoms with van der Waals surface area (Å²) in [5.41, 5.74) is 0. The van der Waals surface area contributed by atoms with Crippen molar-refractivity contribution in [2.24, 2.45) is 0 Å².